The summed E-state index contributed by atoms with van der Waals surface area (Å²) in [5, 5.41) is 3.39. The Morgan fingerprint density at radius 1 is 1.25 bits per heavy atom. The summed E-state index contributed by atoms with van der Waals surface area (Å²) in [6.07, 6.45) is 2.85. The molecular weight excluding hydrogens is 258 g/mol. The molecule has 0 radical (unpaired) electrons. The number of hydrogen-bond acceptors (Lipinski definition) is 5. The molecule has 1 N–H and O–H groups in total. The Balaban J connectivity index is 1.87. The summed E-state index contributed by atoms with van der Waals surface area (Å²) >= 11 is 0. The minimum absolute atomic E-state index is 0.215. The zero-order valence-electron chi connectivity index (χ0n) is 12.5. The number of carbonyl (C=O) groups excluding carboxylic acids is 2. The number of nitrogens with zero attached hydrogens (tertiary/aromatic N) is 2. The molecule has 20 heavy (non-hydrogen) atoms. The molecule has 2 rings (SSSR count). The Morgan fingerprint density at radius 2 is 1.95 bits per heavy atom. The van der Waals surface area contributed by atoms with Gasteiger partial charge in [0.05, 0.1) is 19.2 Å². The summed E-state index contributed by atoms with van der Waals surface area (Å²) in [5.41, 5.74) is -0.343. The maximum Gasteiger partial charge on any atom is 0.319 e. The van der Waals surface area contributed by atoms with E-state index in [0.717, 1.165) is 38.9 Å². The van der Waals surface area contributed by atoms with Gasteiger partial charge in [-0.3, -0.25) is 14.5 Å². The van der Waals surface area contributed by atoms with Crippen molar-refractivity contribution in [2.75, 3.05) is 46.4 Å². The molecule has 2 fully saturated rings. The third kappa shape index (κ3) is 3.12. The van der Waals surface area contributed by atoms with Gasteiger partial charge in [-0.2, -0.15) is 0 Å². The van der Waals surface area contributed by atoms with E-state index in [4.69, 9.17) is 0 Å². The average Bonchev–Trinajstić information content (AvgIpc) is 2.97. The number of amides is 1. The highest BCUT2D eigenvalue weighted by molar-refractivity contribution is 5.87. The van der Waals surface area contributed by atoms with Gasteiger partial charge in [0.2, 0.25) is 5.91 Å². The highest BCUT2D eigenvalue weighted by Crippen LogP contribution is 2.26. The van der Waals surface area contributed by atoms with Gasteiger partial charge in [-0.05, 0) is 25.8 Å². The van der Waals surface area contributed by atoms with Crippen molar-refractivity contribution >= 4 is 11.9 Å². The fraction of sp³-hybridized carbons (Fsp3) is 0.857. The fourth-order valence-electron chi connectivity index (χ4n) is 3.10. The molecule has 0 aromatic heterocycles. The van der Waals surface area contributed by atoms with Crippen molar-refractivity contribution in [1.82, 2.24) is 15.1 Å². The predicted molar refractivity (Wildman–Crippen MR) is 75.3 cm³/mol. The van der Waals surface area contributed by atoms with Gasteiger partial charge in [0.15, 0.2) is 0 Å². The van der Waals surface area contributed by atoms with E-state index >= 15 is 0 Å². The molecule has 1 atom stereocenters. The van der Waals surface area contributed by atoms with Gasteiger partial charge >= 0.3 is 5.97 Å². The maximum absolute atomic E-state index is 12.7. The molecule has 6 nitrogen and oxygen atoms in total. The van der Waals surface area contributed by atoms with Crippen molar-refractivity contribution < 1.29 is 14.3 Å². The lowest BCUT2D eigenvalue weighted by atomic mass is 9.92. The Kier molecular flexibility index (Phi) is 4.99. The number of nitrogens with one attached hydrogen (secondary N) is 1. The van der Waals surface area contributed by atoms with Crippen LogP contribution in [0.2, 0.25) is 0 Å². The largest absolute Gasteiger partial charge is 0.468 e. The highest BCUT2D eigenvalue weighted by Gasteiger charge is 2.42. The predicted octanol–water partition coefficient (Wildman–Crippen LogP) is -0.164. The van der Waals surface area contributed by atoms with Gasteiger partial charge in [-0.15, -0.1) is 0 Å². The van der Waals surface area contributed by atoms with Crippen molar-refractivity contribution in [2.24, 2.45) is 0 Å². The molecule has 2 heterocycles. The van der Waals surface area contributed by atoms with E-state index in [-0.39, 0.29) is 17.4 Å². The molecule has 2 saturated heterocycles. The highest BCUT2D eigenvalue weighted by atomic mass is 16.5. The third-order valence-corrected chi connectivity index (χ3v) is 4.50. The molecule has 2 aliphatic rings. The van der Waals surface area contributed by atoms with Gasteiger partial charge in [0.1, 0.15) is 0 Å². The zero-order chi connectivity index (χ0) is 14.6. The van der Waals surface area contributed by atoms with Crippen molar-refractivity contribution in [2.45, 2.75) is 31.7 Å². The van der Waals surface area contributed by atoms with Gasteiger partial charge in [0, 0.05) is 26.2 Å². The normalized spacial score (nSPS) is 27.6. The lowest BCUT2D eigenvalue weighted by Crippen LogP contribution is -2.59. The van der Waals surface area contributed by atoms with Crippen LogP contribution in [0.4, 0.5) is 0 Å². The van der Waals surface area contributed by atoms with Gasteiger partial charge in [-0.1, -0.05) is 6.92 Å². The zero-order valence-corrected chi connectivity index (χ0v) is 12.5. The number of piperazine rings is 1. The summed E-state index contributed by atoms with van der Waals surface area (Å²) in [6, 6.07) is 0. The second kappa shape index (κ2) is 6.54. The minimum Gasteiger partial charge on any atom is -0.468 e. The molecule has 0 bridgehead atoms. The summed E-state index contributed by atoms with van der Waals surface area (Å²) in [5.74, 6) is 0.0162. The number of hydrogen-bond donors (Lipinski definition) is 1. The second-order valence-electron chi connectivity index (χ2n) is 5.61. The van der Waals surface area contributed by atoms with E-state index in [2.05, 4.69) is 17.0 Å². The first kappa shape index (κ1) is 15.3. The van der Waals surface area contributed by atoms with Gasteiger partial charge in [-0.25, -0.2) is 0 Å². The smallest absolute Gasteiger partial charge is 0.319 e. The molecule has 1 unspecified atom stereocenters. The topological polar surface area (TPSA) is 61.9 Å². The third-order valence-electron chi connectivity index (χ3n) is 4.50. The maximum atomic E-state index is 12.7. The molecule has 0 aliphatic carbocycles. The first-order valence-electron chi connectivity index (χ1n) is 7.45. The quantitative estimate of drug-likeness (QED) is 0.726. The van der Waals surface area contributed by atoms with Crippen LogP contribution in [0.15, 0.2) is 0 Å². The summed E-state index contributed by atoms with van der Waals surface area (Å²) in [6.45, 7) is 6.18. The Morgan fingerprint density at radius 3 is 2.45 bits per heavy atom. The van der Waals surface area contributed by atoms with Crippen LogP contribution >= 0.6 is 0 Å². The van der Waals surface area contributed by atoms with E-state index < -0.39 is 0 Å². The van der Waals surface area contributed by atoms with Crippen LogP contribution in [0.5, 0.6) is 0 Å². The second-order valence-corrected chi connectivity index (χ2v) is 5.61. The molecule has 0 saturated carbocycles. The molecule has 6 heteroatoms. The van der Waals surface area contributed by atoms with Gasteiger partial charge in [0.25, 0.3) is 0 Å². The van der Waals surface area contributed by atoms with Crippen LogP contribution in [0.1, 0.15) is 26.2 Å². The molecule has 0 aromatic rings. The molecule has 1 amide bonds. The Labute approximate surface area is 120 Å². The molecule has 0 aromatic carbocycles. The lowest BCUT2D eigenvalue weighted by molar-refractivity contribution is -0.143. The van der Waals surface area contributed by atoms with Crippen LogP contribution in [0, 0.1) is 0 Å². The van der Waals surface area contributed by atoms with E-state index in [0.29, 0.717) is 19.6 Å². The Bertz CT molecular complexity index is 359. The van der Waals surface area contributed by atoms with E-state index in [1.165, 1.54) is 7.11 Å². The minimum atomic E-state index is -0.343. The lowest BCUT2D eigenvalue weighted by Gasteiger charge is -2.39. The van der Waals surface area contributed by atoms with Crippen LogP contribution in [0.25, 0.3) is 0 Å². The van der Waals surface area contributed by atoms with Crippen molar-refractivity contribution in [3.8, 4) is 0 Å². The monoisotopic (exact) mass is 283 g/mol. The first-order valence-corrected chi connectivity index (χ1v) is 7.45. The first-order chi connectivity index (χ1) is 9.61. The molecular formula is C14H25N3O3. The standard InChI is InChI=1S/C14H25N3O3/c1-3-14(5-4-6-15-14)13(19)17-9-7-16(8-10-17)11-12(18)20-2/h15H,3-11H2,1-2H3. The van der Waals surface area contributed by atoms with Crippen molar-refractivity contribution in [1.29, 1.82) is 0 Å². The van der Waals surface area contributed by atoms with E-state index in [9.17, 15) is 9.59 Å². The summed E-state index contributed by atoms with van der Waals surface area (Å²) < 4.78 is 4.67. The number of methoxy groups -OCH3 is 1. The number of carbonyl (C=O) groups is 2. The fourth-order valence-corrected chi connectivity index (χ4v) is 3.10. The summed E-state index contributed by atoms with van der Waals surface area (Å²) in [4.78, 5) is 27.9. The summed E-state index contributed by atoms with van der Waals surface area (Å²) in [7, 11) is 1.40. The average molecular weight is 283 g/mol. The number of rotatable bonds is 4. The van der Waals surface area contributed by atoms with Crippen LogP contribution in [-0.4, -0.2) is 73.6 Å². The number of ether oxygens (including phenoxy) is 1. The van der Waals surface area contributed by atoms with Crippen LogP contribution in [-0.2, 0) is 14.3 Å². The SMILES string of the molecule is CCC1(C(=O)N2CCN(CC(=O)OC)CC2)CCCN1. The van der Waals surface area contributed by atoms with E-state index in [1.807, 2.05) is 9.80 Å². The molecule has 114 valence electrons. The van der Waals surface area contributed by atoms with Crippen molar-refractivity contribution in [3.05, 3.63) is 0 Å². The Hall–Kier alpha value is -1.14. The molecule has 0 spiro atoms. The van der Waals surface area contributed by atoms with Gasteiger partial charge < -0.3 is 15.0 Å². The molecule has 2 aliphatic heterocycles. The van der Waals surface area contributed by atoms with Crippen LogP contribution in [0.3, 0.4) is 0 Å². The van der Waals surface area contributed by atoms with E-state index in [1.54, 1.807) is 0 Å². The van der Waals surface area contributed by atoms with Crippen LogP contribution < -0.4 is 5.32 Å². The van der Waals surface area contributed by atoms with Crippen molar-refractivity contribution in [3.63, 3.8) is 0 Å². The number of esters is 1.